The summed E-state index contributed by atoms with van der Waals surface area (Å²) in [5, 5.41) is 0. The summed E-state index contributed by atoms with van der Waals surface area (Å²) in [5.74, 6) is 1.18. The van der Waals surface area contributed by atoms with E-state index in [2.05, 4.69) is 39.3 Å². The van der Waals surface area contributed by atoms with Crippen LogP contribution in [0.3, 0.4) is 0 Å². The van der Waals surface area contributed by atoms with Gasteiger partial charge in [-0.1, -0.05) is 6.92 Å². The Hall–Kier alpha value is -0.610. The number of aromatic nitrogens is 2. The summed E-state index contributed by atoms with van der Waals surface area (Å²) in [4.78, 5) is 4.56. The minimum absolute atomic E-state index is 0.260. The molecule has 0 aliphatic rings. The van der Waals surface area contributed by atoms with Crippen molar-refractivity contribution in [1.82, 2.24) is 9.55 Å². The van der Waals surface area contributed by atoms with Crippen molar-refractivity contribution < 1.29 is 4.39 Å². The molecule has 1 atom stereocenters. The Bertz CT molecular complexity index is 568. The number of aryl methyl sites for hydroxylation is 1. The van der Waals surface area contributed by atoms with Gasteiger partial charge in [0.15, 0.2) is 0 Å². The highest BCUT2D eigenvalue weighted by atomic mass is 79.9. The first kappa shape index (κ1) is 13.8. The first-order valence-corrected chi connectivity index (χ1v) is 7.33. The van der Waals surface area contributed by atoms with Gasteiger partial charge in [-0.15, -0.1) is 11.6 Å². The maximum Gasteiger partial charge on any atom is 0.139 e. The molecule has 0 bridgehead atoms. The van der Waals surface area contributed by atoms with Gasteiger partial charge >= 0.3 is 0 Å². The molecule has 0 saturated carbocycles. The molecule has 0 N–H and O–H groups in total. The molecule has 2 rings (SSSR count). The molecule has 1 unspecified atom stereocenters. The van der Waals surface area contributed by atoms with Gasteiger partial charge in [0.05, 0.1) is 15.5 Å². The van der Waals surface area contributed by atoms with Gasteiger partial charge in [-0.2, -0.15) is 0 Å². The summed E-state index contributed by atoms with van der Waals surface area (Å²) in [6, 6.07) is 3.55. The number of nitrogens with zero attached hydrogens (tertiary/aromatic N) is 2. The highest BCUT2D eigenvalue weighted by Crippen LogP contribution is 2.28. The van der Waals surface area contributed by atoms with E-state index in [0.717, 1.165) is 23.3 Å². The normalized spacial score (nSPS) is 13.2. The zero-order chi connectivity index (χ0) is 13.3. The van der Waals surface area contributed by atoms with E-state index in [9.17, 15) is 4.39 Å². The van der Waals surface area contributed by atoms with Crippen molar-refractivity contribution in [2.75, 3.05) is 5.88 Å². The maximum absolute atomic E-state index is 13.7. The number of imidazole rings is 1. The van der Waals surface area contributed by atoms with Crippen LogP contribution >= 0.6 is 27.5 Å². The van der Waals surface area contributed by atoms with E-state index in [-0.39, 0.29) is 11.9 Å². The van der Waals surface area contributed by atoms with Gasteiger partial charge in [0.2, 0.25) is 0 Å². The van der Waals surface area contributed by atoms with E-state index in [1.165, 1.54) is 6.07 Å². The van der Waals surface area contributed by atoms with E-state index >= 15 is 0 Å². The number of hydrogen-bond donors (Lipinski definition) is 0. The highest BCUT2D eigenvalue weighted by Gasteiger charge is 2.16. The molecule has 0 aliphatic heterocycles. The summed E-state index contributed by atoms with van der Waals surface area (Å²) in [6.45, 7) is 4.22. The van der Waals surface area contributed by atoms with Gasteiger partial charge in [0.1, 0.15) is 11.6 Å². The van der Waals surface area contributed by atoms with Crippen molar-refractivity contribution in [2.45, 2.75) is 32.7 Å². The summed E-state index contributed by atoms with van der Waals surface area (Å²) in [6.07, 6.45) is 1.66. The molecule has 1 heterocycles. The summed E-state index contributed by atoms with van der Waals surface area (Å²) >= 11 is 9.00. The average molecular weight is 334 g/mol. The third kappa shape index (κ3) is 2.41. The third-order valence-electron chi connectivity index (χ3n) is 3.15. The molecule has 2 nitrogen and oxygen atoms in total. The zero-order valence-electron chi connectivity index (χ0n) is 10.4. The summed E-state index contributed by atoms with van der Waals surface area (Å²) < 4.78 is 16.2. The van der Waals surface area contributed by atoms with Gasteiger partial charge in [-0.05, 0) is 35.3 Å². The van der Waals surface area contributed by atoms with Crippen LogP contribution in [0.1, 0.15) is 32.1 Å². The average Bonchev–Trinajstić information content (AvgIpc) is 2.67. The minimum atomic E-state index is -0.260. The minimum Gasteiger partial charge on any atom is -0.325 e. The molecular formula is C13H15BrClFN2. The Balaban J connectivity index is 2.68. The van der Waals surface area contributed by atoms with Crippen molar-refractivity contribution in [3.8, 4) is 0 Å². The molecule has 0 saturated heterocycles. The van der Waals surface area contributed by atoms with E-state index in [4.69, 9.17) is 11.6 Å². The first-order chi connectivity index (χ1) is 8.58. The molecule has 0 fully saturated rings. The molecule has 1 aromatic carbocycles. The number of benzene rings is 1. The number of alkyl halides is 1. The molecule has 0 spiro atoms. The molecule has 0 radical (unpaired) electrons. The van der Waals surface area contributed by atoms with Crippen LogP contribution in [0.5, 0.6) is 0 Å². The van der Waals surface area contributed by atoms with Crippen LogP contribution in [0.25, 0.3) is 11.0 Å². The molecular weight excluding hydrogens is 319 g/mol. The van der Waals surface area contributed by atoms with Crippen LogP contribution in [0, 0.1) is 5.82 Å². The third-order valence-corrected chi connectivity index (χ3v) is 3.95. The predicted molar refractivity (Wildman–Crippen MR) is 76.8 cm³/mol. The summed E-state index contributed by atoms with van der Waals surface area (Å²) in [5.41, 5.74) is 1.65. The monoisotopic (exact) mass is 332 g/mol. The fraction of sp³-hybridized carbons (Fsp3) is 0.462. The van der Waals surface area contributed by atoms with Crippen molar-refractivity contribution >= 4 is 38.6 Å². The molecule has 5 heteroatoms. The molecule has 2 aromatic rings. The van der Waals surface area contributed by atoms with Crippen molar-refractivity contribution in [3.05, 3.63) is 28.2 Å². The van der Waals surface area contributed by atoms with Crippen molar-refractivity contribution in [2.24, 2.45) is 0 Å². The quantitative estimate of drug-likeness (QED) is 0.742. The molecule has 98 valence electrons. The topological polar surface area (TPSA) is 17.8 Å². The van der Waals surface area contributed by atoms with Gasteiger partial charge in [0.25, 0.3) is 0 Å². The molecule has 18 heavy (non-hydrogen) atoms. The Kier molecular flexibility index (Phi) is 4.28. The Morgan fingerprint density at radius 1 is 1.50 bits per heavy atom. The van der Waals surface area contributed by atoms with E-state index in [0.29, 0.717) is 16.8 Å². The number of rotatable bonds is 4. The largest absolute Gasteiger partial charge is 0.325 e. The Labute approximate surface area is 119 Å². The Morgan fingerprint density at radius 2 is 2.22 bits per heavy atom. The lowest BCUT2D eigenvalue weighted by Crippen LogP contribution is -2.09. The van der Waals surface area contributed by atoms with E-state index < -0.39 is 0 Å². The van der Waals surface area contributed by atoms with Crippen LogP contribution in [0.4, 0.5) is 4.39 Å². The predicted octanol–water partition coefficient (Wildman–Crippen LogP) is 4.69. The lowest BCUT2D eigenvalue weighted by atomic mass is 10.2. The standard InChI is InChI=1S/C13H15BrClFN2/c1-3-8(2)18-12-7-10(16)9(14)6-11(12)17-13(18)4-5-15/h6-8H,3-5H2,1-2H3. The van der Waals surface area contributed by atoms with Crippen LogP contribution in [0.15, 0.2) is 16.6 Å². The fourth-order valence-electron chi connectivity index (χ4n) is 2.08. The van der Waals surface area contributed by atoms with Crippen LogP contribution < -0.4 is 0 Å². The second kappa shape index (κ2) is 5.57. The van der Waals surface area contributed by atoms with Crippen LogP contribution in [-0.2, 0) is 6.42 Å². The fourth-order valence-corrected chi connectivity index (χ4v) is 2.58. The molecule has 0 amide bonds. The first-order valence-electron chi connectivity index (χ1n) is 6.00. The second-order valence-corrected chi connectivity index (χ2v) is 5.58. The van der Waals surface area contributed by atoms with Crippen molar-refractivity contribution in [1.29, 1.82) is 0 Å². The van der Waals surface area contributed by atoms with Gasteiger partial charge in [-0.3, -0.25) is 0 Å². The highest BCUT2D eigenvalue weighted by molar-refractivity contribution is 9.10. The lowest BCUT2D eigenvalue weighted by molar-refractivity contribution is 0.523. The lowest BCUT2D eigenvalue weighted by Gasteiger charge is -2.15. The summed E-state index contributed by atoms with van der Waals surface area (Å²) in [7, 11) is 0. The van der Waals surface area contributed by atoms with Crippen LogP contribution in [0.2, 0.25) is 0 Å². The number of halogens is 3. The van der Waals surface area contributed by atoms with E-state index in [1.54, 1.807) is 6.07 Å². The van der Waals surface area contributed by atoms with Crippen molar-refractivity contribution in [3.63, 3.8) is 0 Å². The van der Waals surface area contributed by atoms with Crippen LogP contribution in [-0.4, -0.2) is 15.4 Å². The molecule has 0 aliphatic carbocycles. The van der Waals surface area contributed by atoms with E-state index in [1.807, 2.05) is 0 Å². The van der Waals surface area contributed by atoms with Gasteiger partial charge in [0, 0.05) is 24.4 Å². The smallest absolute Gasteiger partial charge is 0.139 e. The number of hydrogen-bond acceptors (Lipinski definition) is 1. The molecule has 1 aromatic heterocycles. The number of fused-ring (bicyclic) bond motifs is 1. The Morgan fingerprint density at radius 3 is 2.83 bits per heavy atom. The van der Waals surface area contributed by atoms with Gasteiger partial charge < -0.3 is 4.57 Å². The second-order valence-electron chi connectivity index (χ2n) is 4.35. The zero-order valence-corrected chi connectivity index (χ0v) is 12.7. The maximum atomic E-state index is 13.7. The SMILES string of the molecule is CCC(C)n1c(CCCl)nc2cc(Br)c(F)cc21. The van der Waals surface area contributed by atoms with Gasteiger partial charge in [-0.25, -0.2) is 9.37 Å².